The summed E-state index contributed by atoms with van der Waals surface area (Å²) in [7, 11) is 0. The van der Waals surface area contributed by atoms with Gasteiger partial charge in [0.25, 0.3) is 0 Å². The number of hydrogen-bond donors (Lipinski definition) is 0. The van der Waals surface area contributed by atoms with Crippen molar-refractivity contribution in [2.75, 3.05) is 0 Å². The number of hydrogen-bond acceptors (Lipinski definition) is 3. The first-order valence-corrected chi connectivity index (χ1v) is 6.91. The smallest absolute Gasteiger partial charge is 0.321 e. The van der Waals surface area contributed by atoms with Crippen LogP contribution in [0.15, 0.2) is 60.9 Å². The van der Waals surface area contributed by atoms with E-state index in [9.17, 15) is 0 Å². The van der Waals surface area contributed by atoms with Crippen molar-refractivity contribution >= 4 is 11.6 Å². The van der Waals surface area contributed by atoms with Crippen molar-refractivity contribution in [1.29, 1.82) is 0 Å². The SMILES string of the molecule is Cc1ccc(-c2cnc(Oc3ccc(Cl)cc3)nc2)cc1. The molecule has 0 aliphatic rings. The lowest BCUT2D eigenvalue weighted by molar-refractivity contribution is 0.442. The summed E-state index contributed by atoms with van der Waals surface area (Å²) in [6.07, 6.45) is 3.51. The maximum absolute atomic E-state index is 5.83. The standard InChI is InChI=1S/C17H13ClN2O/c1-12-2-4-13(5-3-12)14-10-19-17(20-11-14)21-16-8-6-15(18)7-9-16/h2-11H,1H3. The van der Waals surface area contributed by atoms with Gasteiger partial charge >= 0.3 is 6.01 Å². The quantitative estimate of drug-likeness (QED) is 0.689. The predicted octanol–water partition coefficient (Wildman–Crippen LogP) is 4.90. The molecular formula is C17H13ClN2O. The van der Waals surface area contributed by atoms with E-state index in [0.29, 0.717) is 16.8 Å². The van der Waals surface area contributed by atoms with Gasteiger partial charge in [-0.2, -0.15) is 0 Å². The third-order valence-corrected chi connectivity index (χ3v) is 3.29. The average Bonchev–Trinajstić information content (AvgIpc) is 2.51. The Labute approximate surface area is 128 Å². The summed E-state index contributed by atoms with van der Waals surface area (Å²) < 4.78 is 5.56. The van der Waals surface area contributed by atoms with Crippen molar-refractivity contribution in [2.45, 2.75) is 6.92 Å². The molecule has 0 spiro atoms. The van der Waals surface area contributed by atoms with Crippen molar-refractivity contribution in [2.24, 2.45) is 0 Å². The zero-order chi connectivity index (χ0) is 14.7. The Hall–Kier alpha value is -2.39. The van der Waals surface area contributed by atoms with Crippen molar-refractivity contribution in [3.05, 3.63) is 71.5 Å². The van der Waals surface area contributed by atoms with Crippen LogP contribution in [0.2, 0.25) is 5.02 Å². The van der Waals surface area contributed by atoms with Gasteiger partial charge in [0.05, 0.1) is 0 Å². The molecule has 0 N–H and O–H groups in total. The second-order valence-electron chi connectivity index (χ2n) is 4.68. The first-order chi connectivity index (χ1) is 10.2. The van der Waals surface area contributed by atoms with Crippen LogP contribution < -0.4 is 4.74 Å². The van der Waals surface area contributed by atoms with Crippen LogP contribution in [0.3, 0.4) is 0 Å². The van der Waals surface area contributed by atoms with E-state index in [1.54, 1.807) is 36.7 Å². The van der Waals surface area contributed by atoms with E-state index in [1.165, 1.54) is 5.56 Å². The highest BCUT2D eigenvalue weighted by molar-refractivity contribution is 6.30. The number of nitrogens with zero attached hydrogens (tertiary/aromatic N) is 2. The van der Waals surface area contributed by atoms with E-state index in [0.717, 1.165) is 11.1 Å². The average molecular weight is 297 g/mol. The largest absolute Gasteiger partial charge is 0.424 e. The number of aromatic nitrogens is 2. The molecule has 0 saturated carbocycles. The lowest BCUT2D eigenvalue weighted by atomic mass is 10.1. The molecule has 0 amide bonds. The van der Waals surface area contributed by atoms with Gasteiger partial charge < -0.3 is 4.74 Å². The molecule has 3 nitrogen and oxygen atoms in total. The zero-order valence-electron chi connectivity index (χ0n) is 11.5. The maximum atomic E-state index is 5.83. The summed E-state index contributed by atoms with van der Waals surface area (Å²) in [4.78, 5) is 8.46. The molecule has 0 atom stereocenters. The highest BCUT2D eigenvalue weighted by Crippen LogP contribution is 2.22. The fraction of sp³-hybridized carbons (Fsp3) is 0.0588. The van der Waals surface area contributed by atoms with Gasteiger partial charge in [-0.3, -0.25) is 0 Å². The molecule has 21 heavy (non-hydrogen) atoms. The molecule has 0 unspecified atom stereocenters. The summed E-state index contributed by atoms with van der Waals surface area (Å²) in [6.45, 7) is 2.06. The van der Waals surface area contributed by atoms with Gasteiger partial charge in [0.2, 0.25) is 0 Å². The monoisotopic (exact) mass is 296 g/mol. The maximum Gasteiger partial charge on any atom is 0.321 e. The van der Waals surface area contributed by atoms with Crippen LogP contribution in [0.1, 0.15) is 5.56 Å². The van der Waals surface area contributed by atoms with Gasteiger partial charge in [-0.05, 0) is 36.8 Å². The van der Waals surface area contributed by atoms with E-state index < -0.39 is 0 Å². The molecular weight excluding hydrogens is 284 g/mol. The van der Waals surface area contributed by atoms with Crippen molar-refractivity contribution in [1.82, 2.24) is 9.97 Å². The number of ether oxygens (including phenoxy) is 1. The lowest BCUT2D eigenvalue weighted by Gasteiger charge is -2.05. The third-order valence-electron chi connectivity index (χ3n) is 3.04. The molecule has 0 aliphatic carbocycles. The van der Waals surface area contributed by atoms with Crippen LogP contribution in [0.25, 0.3) is 11.1 Å². The van der Waals surface area contributed by atoms with Crippen LogP contribution in [-0.4, -0.2) is 9.97 Å². The van der Waals surface area contributed by atoms with Crippen LogP contribution in [0.5, 0.6) is 11.8 Å². The molecule has 4 heteroatoms. The van der Waals surface area contributed by atoms with Gasteiger partial charge in [0.15, 0.2) is 0 Å². The van der Waals surface area contributed by atoms with Crippen molar-refractivity contribution < 1.29 is 4.74 Å². The van der Waals surface area contributed by atoms with E-state index in [-0.39, 0.29) is 0 Å². The Kier molecular flexibility index (Phi) is 3.84. The lowest BCUT2D eigenvalue weighted by Crippen LogP contribution is -1.92. The molecule has 104 valence electrons. The van der Waals surface area contributed by atoms with Crippen molar-refractivity contribution in [3.63, 3.8) is 0 Å². The Bertz CT molecular complexity index is 722. The Balaban J connectivity index is 1.77. The summed E-state index contributed by atoms with van der Waals surface area (Å²) in [5, 5.41) is 0.665. The van der Waals surface area contributed by atoms with E-state index >= 15 is 0 Å². The van der Waals surface area contributed by atoms with Crippen LogP contribution in [0.4, 0.5) is 0 Å². The fourth-order valence-corrected chi connectivity index (χ4v) is 2.00. The van der Waals surface area contributed by atoms with E-state index in [1.807, 2.05) is 12.1 Å². The molecule has 1 heterocycles. The Morgan fingerprint density at radius 2 is 1.43 bits per heavy atom. The molecule has 0 radical (unpaired) electrons. The molecule has 3 rings (SSSR count). The molecule has 1 aromatic heterocycles. The molecule has 0 fully saturated rings. The molecule has 0 aliphatic heterocycles. The van der Waals surface area contributed by atoms with Crippen LogP contribution >= 0.6 is 11.6 Å². The first kappa shape index (κ1) is 13.6. The first-order valence-electron chi connectivity index (χ1n) is 6.53. The van der Waals surface area contributed by atoms with Gasteiger partial charge in [0, 0.05) is 23.0 Å². The normalized spacial score (nSPS) is 10.4. The number of rotatable bonds is 3. The Morgan fingerprint density at radius 1 is 0.810 bits per heavy atom. The van der Waals surface area contributed by atoms with Gasteiger partial charge in [-0.25, -0.2) is 9.97 Å². The van der Waals surface area contributed by atoms with Gasteiger partial charge in [-0.1, -0.05) is 41.4 Å². The number of aryl methyl sites for hydroxylation is 1. The summed E-state index contributed by atoms with van der Waals surface area (Å²) in [6, 6.07) is 15.6. The highest BCUT2D eigenvalue weighted by Gasteiger charge is 2.03. The predicted molar refractivity (Wildman–Crippen MR) is 83.7 cm³/mol. The van der Waals surface area contributed by atoms with Crippen LogP contribution in [0, 0.1) is 6.92 Å². The van der Waals surface area contributed by atoms with Crippen molar-refractivity contribution in [3.8, 4) is 22.9 Å². The summed E-state index contributed by atoms with van der Waals surface area (Å²) in [5.41, 5.74) is 3.26. The second kappa shape index (κ2) is 5.94. The molecule has 0 saturated heterocycles. The topological polar surface area (TPSA) is 35.0 Å². The molecule has 0 bridgehead atoms. The second-order valence-corrected chi connectivity index (χ2v) is 5.11. The minimum absolute atomic E-state index is 0.313. The highest BCUT2D eigenvalue weighted by atomic mass is 35.5. The fourth-order valence-electron chi connectivity index (χ4n) is 1.87. The summed E-state index contributed by atoms with van der Waals surface area (Å²) >= 11 is 5.83. The van der Waals surface area contributed by atoms with Gasteiger partial charge in [0.1, 0.15) is 5.75 Å². The molecule has 3 aromatic rings. The van der Waals surface area contributed by atoms with E-state index in [4.69, 9.17) is 16.3 Å². The third kappa shape index (κ3) is 3.38. The summed E-state index contributed by atoms with van der Waals surface area (Å²) in [5.74, 6) is 0.655. The Morgan fingerprint density at radius 3 is 2.05 bits per heavy atom. The number of halogens is 1. The van der Waals surface area contributed by atoms with E-state index in [2.05, 4.69) is 29.0 Å². The number of benzene rings is 2. The minimum Gasteiger partial charge on any atom is -0.424 e. The van der Waals surface area contributed by atoms with Crippen LogP contribution in [-0.2, 0) is 0 Å². The minimum atomic E-state index is 0.313. The molecule has 2 aromatic carbocycles. The zero-order valence-corrected chi connectivity index (χ0v) is 12.2. The van der Waals surface area contributed by atoms with Gasteiger partial charge in [-0.15, -0.1) is 0 Å².